The van der Waals surface area contributed by atoms with Gasteiger partial charge in [0.15, 0.2) is 0 Å². The topological polar surface area (TPSA) is 38.3 Å². The Kier molecular flexibility index (Phi) is 9.77. The molecule has 0 saturated carbocycles. The number of amides is 1. The van der Waals surface area contributed by atoms with Crippen LogP contribution in [0.1, 0.15) is 13.3 Å². The molecule has 0 aliphatic carbocycles. The molecule has 0 aromatic rings. The van der Waals surface area contributed by atoms with E-state index in [2.05, 4.69) is 26.6 Å². The summed E-state index contributed by atoms with van der Waals surface area (Å²) in [6.07, 6.45) is 4.03. The molecule has 5 heteroatoms. The van der Waals surface area contributed by atoms with E-state index in [0.717, 1.165) is 17.4 Å². The molecule has 0 heterocycles. The molecule has 0 fully saturated rings. The van der Waals surface area contributed by atoms with Crippen LogP contribution in [-0.4, -0.2) is 44.7 Å². The van der Waals surface area contributed by atoms with Crippen molar-refractivity contribution in [2.75, 3.05) is 34.3 Å². The zero-order valence-corrected chi connectivity index (χ0v) is 10.7. The van der Waals surface area contributed by atoms with E-state index in [0.29, 0.717) is 6.61 Å². The van der Waals surface area contributed by atoms with Crippen LogP contribution in [-0.2, 0) is 9.63 Å². The van der Waals surface area contributed by atoms with E-state index in [1.807, 2.05) is 0 Å². The van der Waals surface area contributed by atoms with Gasteiger partial charge in [0.05, 0.1) is 34.3 Å². The number of nitrogens with one attached hydrogen (secondary N) is 1. The van der Waals surface area contributed by atoms with Crippen molar-refractivity contribution in [3.8, 4) is 0 Å². The number of carbonyl (C=O) groups excluding carboxylic acids is 1. The lowest BCUT2D eigenvalue weighted by Crippen LogP contribution is -3.00. The molecule has 90 valence electrons. The maximum Gasteiger partial charge on any atom is 0.267 e. The second-order valence-corrected chi connectivity index (χ2v) is 4.18. The van der Waals surface area contributed by atoms with Gasteiger partial charge in [-0.05, 0) is 6.92 Å². The number of halogens is 1. The molecule has 1 N–H and O–H groups in total. The van der Waals surface area contributed by atoms with E-state index in [4.69, 9.17) is 4.84 Å². The molecule has 0 aromatic carbocycles. The summed E-state index contributed by atoms with van der Waals surface area (Å²) in [6.45, 7) is 3.37. The Morgan fingerprint density at radius 3 is 2.47 bits per heavy atom. The summed E-state index contributed by atoms with van der Waals surface area (Å²) in [6, 6.07) is 0. The van der Waals surface area contributed by atoms with Crippen LogP contribution in [0.25, 0.3) is 0 Å². The van der Waals surface area contributed by atoms with Crippen LogP contribution in [0.5, 0.6) is 0 Å². The quantitative estimate of drug-likeness (QED) is 0.244. The van der Waals surface area contributed by atoms with Gasteiger partial charge in [0.1, 0.15) is 0 Å². The Morgan fingerprint density at radius 1 is 1.40 bits per heavy atom. The van der Waals surface area contributed by atoms with E-state index in [9.17, 15) is 4.79 Å². The van der Waals surface area contributed by atoms with E-state index in [-0.39, 0.29) is 18.3 Å². The molecule has 0 aliphatic rings. The zero-order chi connectivity index (χ0) is 11.0. The number of allylic oxidation sites excluding steroid dienone is 1. The third-order valence-electron chi connectivity index (χ3n) is 1.57. The minimum absolute atomic E-state index is 0. The van der Waals surface area contributed by atoms with Crippen LogP contribution < -0.4 is 17.9 Å². The number of carbonyl (C=O) groups is 1. The van der Waals surface area contributed by atoms with Gasteiger partial charge in [-0.1, -0.05) is 6.08 Å². The van der Waals surface area contributed by atoms with Gasteiger partial charge in [-0.2, -0.15) is 0 Å². The summed E-state index contributed by atoms with van der Waals surface area (Å²) >= 11 is 0. The van der Waals surface area contributed by atoms with Crippen molar-refractivity contribution >= 4 is 5.91 Å². The maximum atomic E-state index is 10.9. The summed E-state index contributed by atoms with van der Waals surface area (Å²) in [4.78, 5) is 15.9. The second kappa shape index (κ2) is 8.71. The average Bonchev–Trinajstić information content (AvgIpc) is 2.02. The molecule has 15 heavy (non-hydrogen) atoms. The van der Waals surface area contributed by atoms with Crippen molar-refractivity contribution in [2.45, 2.75) is 13.3 Å². The van der Waals surface area contributed by atoms with Gasteiger partial charge < -0.3 is 16.9 Å². The first-order valence-corrected chi connectivity index (χ1v) is 4.80. The summed E-state index contributed by atoms with van der Waals surface area (Å²) in [5.41, 5.74) is 2.34. The minimum atomic E-state index is -0.210. The van der Waals surface area contributed by atoms with Crippen molar-refractivity contribution in [3.63, 3.8) is 0 Å². The van der Waals surface area contributed by atoms with E-state index >= 15 is 0 Å². The predicted octanol–water partition coefficient (Wildman–Crippen LogP) is -2.29. The standard InChI is InChI=1S/C10H20N2O2.ClH/c1-5-7-10(13)11-14-9-6-8-12(2,3)4;/h5,7H,6,8-9H2,1-4H3;1H. The lowest BCUT2D eigenvalue weighted by atomic mass is 10.4. The summed E-state index contributed by atoms with van der Waals surface area (Å²) in [7, 11) is 6.37. The molecule has 1 amide bonds. The Balaban J connectivity index is 0. The van der Waals surface area contributed by atoms with E-state index < -0.39 is 0 Å². The molecule has 0 aliphatic heterocycles. The van der Waals surface area contributed by atoms with Crippen LogP contribution in [0.3, 0.4) is 0 Å². The molecule has 0 bridgehead atoms. The highest BCUT2D eigenvalue weighted by atomic mass is 35.5. The lowest BCUT2D eigenvalue weighted by Gasteiger charge is -2.23. The van der Waals surface area contributed by atoms with Crippen LogP contribution in [0.2, 0.25) is 0 Å². The first-order chi connectivity index (χ1) is 6.45. The molecule has 0 aromatic heterocycles. The Bertz CT molecular complexity index is 200. The van der Waals surface area contributed by atoms with Crippen LogP contribution in [0, 0.1) is 0 Å². The highest BCUT2D eigenvalue weighted by molar-refractivity contribution is 5.86. The molecule has 0 spiro atoms. The maximum absolute atomic E-state index is 10.9. The molecular weight excluding hydrogens is 216 g/mol. The fourth-order valence-electron chi connectivity index (χ4n) is 0.919. The largest absolute Gasteiger partial charge is 1.00 e. The summed E-state index contributed by atoms with van der Waals surface area (Å²) in [5.74, 6) is -0.210. The Labute approximate surface area is 98.2 Å². The van der Waals surface area contributed by atoms with Crippen molar-refractivity contribution in [1.82, 2.24) is 5.48 Å². The predicted molar refractivity (Wildman–Crippen MR) is 56.4 cm³/mol. The lowest BCUT2D eigenvalue weighted by molar-refractivity contribution is -0.870. The van der Waals surface area contributed by atoms with Crippen molar-refractivity contribution in [3.05, 3.63) is 12.2 Å². The first-order valence-electron chi connectivity index (χ1n) is 4.80. The van der Waals surface area contributed by atoms with Crippen molar-refractivity contribution < 1.29 is 26.5 Å². The first kappa shape index (κ1) is 16.8. The van der Waals surface area contributed by atoms with Gasteiger partial charge in [-0.25, -0.2) is 5.48 Å². The molecule has 0 saturated heterocycles. The fourth-order valence-corrected chi connectivity index (χ4v) is 0.919. The Morgan fingerprint density at radius 2 is 2.00 bits per heavy atom. The van der Waals surface area contributed by atoms with Gasteiger partial charge in [-0.15, -0.1) is 0 Å². The SMILES string of the molecule is CC=CC(=O)NOCCC[N+](C)(C)C.[Cl-]. The van der Waals surface area contributed by atoms with Gasteiger partial charge in [0.25, 0.3) is 5.91 Å². The monoisotopic (exact) mass is 236 g/mol. The van der Waals surface area contributed by atoms with Gasteiger partial charge in [0.2, 0.25) is 0 Å². The van der Waals surface area contributed by atoms with Crippen LogP contribution in [0.4, 0.5) is 0 Å². The van der Waals surface area contributed by atoms with Crippen LogP contribution >= 0.6 is 0 Å². The Hall–Kier alpha value is -0.580. The highest BCUT2D eigenvalue weighted by Gasteiger charge is 2.05. The number of rotatable bonds is 6. The number of hydrogen-bond donors (Lipinski definition) is 1. The molecule has 4 nitrogen and oxygen atoms in total. The van der Waals surface area contributed by atoms with E-state index in [1.54, 1.807) is 13.0 Å². The minimum Gasteiger partial charge on any atom is -1.00 e. The normalized spacial score (nSPS) is 11.2. The molecule has 0 atom stereocenters. The number of quaternary nitrogens is 1. The van der Waals surface area contributed by atoms with Crippen molar-refractivity contribution in [1.29, 1.82) is 0 Å². The van der Waals surface area contributed by atoms with Gasteiger partial charge in [0, 0.05) is 12.5 Å². The smallest absolute Gasteiger partial charge is 0.267 e. The molecule has 0 radical (unpaired) electrons. The number of hydroxylamine groups is 1. The zero-order valence-electron chi connectivity index (χ0n) is 9.92. The van der Waals surface area contributed by atoms with Crippen LogP contribution in [0.15, 0.2) is 12.2 Å². The van der Waals surface area contributed by atoms with E-state index in [1.165, 1.54) is 6.08 Å². The summed E-state index contributed by atoms with van der Waals surface area (Å²) < 4.78 is 0.909. The second-order valence-electron chi connectivity index (χ2n) is 4.18. The molecule has 0 unspecified atom stereocenters. The number of hydrogen-bond acceptors (Lipinski definition) is 2. The molecular formula is C10H21ClN2O2. The highest BCUT2D eigenvalue weighted by Crippen LogP contribution is 1.92. The third kappa shape index (κ3) is 13.4. The summed E-state index contributed by atoms with van der Waals surface area (Å²) in [5, 5.41) is 0. The van der Waals surface area contributed by atoms with Crippen molar-refractivity contribution in [2.24, 2.45) is 0 Å². The average molecular weight is 237 g/mol. The third-order valence-corrected chi connectivity index (χ3v) is 1.57. The number of nitrogens with zero attached hydrogens (tertiary/aromatic N) is 1. The van der Waals surface area contributed by atoms with Gasteiger partial charge in [-0.3, -0.25) is 9.63 Å². The van der Waals surface area contributed by atoms with Gasteiger partial charge >= 0.3 is 0 Å². The fraction of sp³-hybridized carbons (Fsp3) is 0.700. The molecule has 0 rings (SSSR count).